The van der Waals surface area contributed by atoms with Crippen molar-refractivity contribution < 1.29 is 1.43 Å². The number of pyridine rings is 1. The number of rotatable bonds is 2. The number of aromatic nitrogens is 4. The van der Waals surface area contributed by atoms with Crippen LogP contribution in [0, 0.1) is 0 Å². The summed E-state index contributed by atoms with van der Waals surface area (Å²) in [5, 5.41) is 0. The van der Waals surface area contributed by atoms with Gasteiger partial charge < -0.3 is 0 Å². The van der Waals surface area contributed by atoms with Crippen LogP contribution >= 0.6 is 0 Å². The Morgan fingerprint density at radius 3 is 3.00 bits per heavy atom. The Morgan fingerprint density at radius 2 is 2.14 bits per heavy atom. The van der Waals surface area contributed by atoms with Crippen LogP contribution in [0.25, 0.3) is 11.4 Å². The standard InChI is InChI=1S/C18H16N4.H2/c1-2-12(3-1)16-6-5-15-14(4-7-17(15)21-16)13-10-20-18-19-8-9-22(18)11-13;/h4-6,8-12H,1-3,7H2;1H. The zero-order valence-corrected chi connectivity index (χ0v) is 12.2. The minimum absolute atomic E-state index is 0. The molecular weight excluding hydrogens is 272 g/mol. The molecule has 0 bridgehead atoms. The lowest BCUT2D eigenvalue weighted by Gasteiger charge is -2.25. The summed E-state index contributed by atoms with van der Waals surface area (Å²) in [6.45, 7) is 0. The lowest BCUT2D eigenvalue weighted by atomic mass is 9.82. The summed E-state index contributed by atoms with van der Waals surface area (Å²) in [6, 6.07) is 4.46. The second kappa shape index (κ2) is 4.50. The van der Waals surface area contributed by atoms with Gasteiger partial charge in [-0.15, -0.1) is 0 Å². The Morgan fingerprint density at radius 1 is 1.18 bits per heavy atom. The van der Waals surface area contributed by atoms with Crippen molar-refractivity contribution in [2.75, 3.05) is 0 Å². The summed E-state index contributed by atoms with van der Waals surface area (Å²) in [4.78, 5) is 13.5. The molecule has 3 aromatic heterocycles. The van der Waals surface area contributed by atoms with E-state index in [2.05, 4.69) is 34.4 Å². The van der Waals surface area contributed by atoms with Gasteiger partial charge in [0.05, 0.1) is 5.69 Å². The maximum Gasteiger partial charge on any atom is 0.233 e. The van der Waals surface area contributed by atoms with Crippen LogP contribution in [0.1, 0.15) is 49.1 Å². The van der Waals surface area contributed by atoms with Gasteiger partial charge in [0, 0.05) is 55.4 Å². The molecule has 22 heavy (non-hydrogen) atoms. The first kappa shape index (κ1) is 12.1. The van der Waals surface area contributed by atoms with Crippen molar-refractivity contribution in [2.24, 2.45) is 0 Å². The summed E-state index contributed by atoms with van der Waals surface area (Å²) in [5.41, 5.74) is 6.12. The molecule has 2 aliphatic carbocycles. The molecule has 3 aromatic rings. The highest BCUT2D eigenvalue weighted by atomic mass is 15.1. The molecule has 5 rings (SSSR count). The Bertz CT molecular complexity index is 908. The third-order valence-corrected chi connectivity index (χ3v) is 4.87. The first-order valence-electron chi connectivity index (χ1n) is 7.88. The Labute approximate surface area is 130 Å². The van der Waals surface area contributed by atoms with E-state index in [1.54, 1.807) is 6.20 Å². The van der Waals surface area contributed by atoms with Crippen LogP contribution in [0.15, 0.2) is 43.0 Å². The predicted molar refractivity (Wildman–Crippen MR) is 86.7 cm³/mol. The van der Waals surface area contributed by atoms with Crippen molar-refractivity contribution in [3.05, 3.63) is 65.5 Å². The van der Waals surface area contributed by atoms with Gasteiger partial charge in [-0.3, -0.25) is 9.38 Å². The fourth-order valence-corrected chi connectivity index (χ4v) is 3.39. The first-order chi connectivity index (χ1) is 10.9. The maximum atomic E-state index is 4.91. The maximum absolute atomic E-state index is 4.91. The van der Waals surface area contributed by atoms with Crippen LogP contribution in [0.4, 0.5) is 0 Å². The molecule has 0 radical (unpaired) electrons. The van der Waals surface area contributed by atoms with Crippen molar-refractivity contribution in [2.45, 2.75) is 31.6 Å². The van der Waals surface area contributed by atoms with Gasteiger partial charge in [0.15, 0.2) is 0 Å². The second-order valence-electron chi connectivity index (χ2n) is 6.16. The van der Waals surface area contributed by atoms with Gasteiger partial charge in [-0.1, -0.05) is 18.6 Å². The minimum Gasteiger partial charge on any atom is -0.291 e. The molecule has 0 N–H and O–H groups in total. The van der Waals surface area contributed by atoms with Crippen molar-refractivity contribution in [1.82, 2.24) is 19.4 Å². The number of fused-ring (bicyclic) bond motifs is 2. The Hall–Kier alpha value is -2.49. The number of hydrogen-bond acceptors (Lipinski definition) is 3. The van der Waals surface area contributed by atoms with Crippen LogP contribution in [-0.2, 0) is 6.42 Å². The summed E-state index contributed by atoms with van der Waals surface area (Å²) in [6.07, 6.45) is 14.8. The van der Waals surface area contributed by atoms with E-state index in [9.17, 15) is 0 Å². The SMILES string of the molecule is C1=C(c2cnc3nccn3c2)c2ccc(C3CCC3)nc2C1.[HH]. The largest absolute Gasteiger partial charge is 0.291 e. The van der Waals surface area contributed by atoms with E-state index < -0.39 is 0 Å². The molecule has 0 aliphatic heterocycles. The highest BCUT2D eigenvalue weighted by molar-refractivity contribution is 5.83. The molecule has 0 atom stereocenters. The molecular formula is C18H18N4. The van der Waals surface area contributed by atoms with Gasteiger partial charge >= 0.3 is 0 Å². The normalized spacial score (nSPS) is 17.4. The van der Waals surface area contributed by atoms with Gasteiger partial charge in [-0.25, -0.2) is 9.97 Å². The van der Waals surface area contributed by atoms with Crippen LogP contribution in [0.3, 0.4) is 0 Å². The predicted octanol–water partition coefficient (Wildman–Crippen LogP) is 3.63. The molecule has 0 saturated heterocycles. The molecule has 4 heteroatoms. The average molecular weight is 290 g/mol. The van der Waals surface area contributed by atoms with E-state index >= 15 is 0 Å². The van der Waals surface area contributed by atoms with Crippen molar-refractivity contribution in [1.29, 1.82) is 0 Å². The number of allylic oxidation sites excluding steroid dienone is 1. The van der Waals surface area contributed by atoms with Crippen LogP contribution < -0.4 is 0 Å². The number of hydrogen-bond donors (Lipinski definition) is 0. The summed E-state index contributed by atoms with van der Waals surface area (Å²) in [7, 11) is 0. The van der Waals surface area contributed by atoms with E-state index in [1.165, 1.54) is 41.8 Å². The molecule has 1 fully saturated rings. The summed E-state index contributed by atoms with van der Waals surface area (Å²) >= 11 is 0. The molecule has 4 nitrogen and oxygen atoms in total. The van der Waals surface area contributed by atoms with Gasteiger partial charge in [0.25, 0.3) is 0 Å². The monoisotopic (exact) mass is 290 g/mol. The van der Waals surface area contributed by atoms with E-state index in [-0.39, 0.29) is 1.43 Å². The quantitative estimate of drug-likeness (QED) is 0.724. The van der Waals surface area contributed by atoms with Gasteiger partial charge in [-0.05, 0) is 24.5 Å². The zero-order valence-electron chi connectivity index (χ0n) is 12.2. The van der Waals surface area contributed by atoms with Crippen molar-refractivity contribution in [3.63, 3.8) is 0 Å². The first-order valence-corrected chi connectivity index (χ1v) is 7.88. The van der Waals surface area contributed by atoms with E-state index in [0.29, 0.717) is 5.92 Å². The fraction of sp³-hybridized carbons (Fsp3) is 0.278. The number of imidazole rings is 1. The minimum atomic E-state index is 0. The number of nitrogens with zero attached hydrogens (tertiary/aromatic N) is 4. The Balaban J connectivity index is 0.00000135. The van der Waals surface area contributed by atoms with Gasteiger partial charge in [0.1, 0.15) is 0 Å². The molecule has 0 spiro atoms. The summed E-state index contributed by atoms with van der Waals surface area (Å²) in [5.74, 6) is 1.43. The third-order valence-electron chi connectivity index (χ3n) is 4.87. The zero-order chi connectivity index (χ0) is 14.5. The van der Waals surface area contributed by atoms with Crippen molar-refractivity contribution >= 4 is 11.4 Å². The Kier molecular flexibility index (Phi) is 2.47. The third kappa shape index (κ3) is 1.73. The van der Waals surface area contributed by atoms with Crippen LogP contribution in [0.2, 0.25) is 0 Å². The van der Waals surface area contributed by atoms with E-state index in [0.717, 1.165) is 17.8 Å². The smallest absolute Gasteiger partial charge is 0.233 e. The summed E-state index contributed by atoms with van der Waals surface area (Å²) < 4.78 is 1.96. The molecule has 1 saturated carbocycles. The molecule has 0 amide bonds. The van der Waals surface area contributed by atoms with Gasteiger partial charge in [0.2, 0.25) is 5.78 Å². The molecule has 0 aromatic carbocycles. The van der Waals surface area contributed by atoms with Gasteiger partial charge in [-0.2, -0.15) is 0 Å². The molecule has 3 heterocycles. The fourth-order valence-electron chi connectivity index (χ4n) is 3.39. The molecule has 0 unspecified atom stereocenters. The second-order valence-corrected chi connectivity index (χ2v) is 6.16. The highest BCUT2D eigenvalue weighted by Gasteiger charge is 2.24. The lowest BCUT2D eigenvalue weighted by molar-refractivity contribution is 0.410. The topological polar surface area (TPSA) is 43.1 Å². The van der Waals surface area contributed by atoms with E-state index in [4.69, 9.17) is 4.98 Å². The highest BCUT2D eigenvalue weighted by Crippen LogP contribution is 2.38. The van der Waals surface area contributed by atoms with E-state index in [1.807, 2.05) is 16.8 Å². The molecule has 110 valence electrons. The average Bonchev–Trinajstić information content (AvgIpc) is 3.10. The molecule has 2 aliphatic rings. The van der Waals surface area contributed by atoms with Crippen molar-refractivity contribution in [3.8, 4) is 0 Å². The lowest BCUT2D eigenvalue weighted by Crippen LogP contribution is -2.11. The van der Waals surface area contributed by atoms with Crippen LogP contribution in [0.5, 0.6) is 0 Å². The van der Waals surface area contributed by atoms with Crippen LogP contribution in [-0.4, -0.2) is 19.4 Å².